The van der Waals surface area contributed by atoms with E-state index in [0.717, 1.165) is 12.1 Å². The lowest BCUT2D eigenvalue weighted by Gasteiger charge is -2.35. The van der Waals surface area contributed by atoms with E-state index in [-0.39, 0.29) is 5.69 Å². The Labute approximate surface area is 119 Å². The summed E-state index contributed by atoms with van der Waals surface area (Å²) in [6.07, 6.45) is 4.83. The van der Waals surface area contributed by atoms with Crippen LogP contribution in [0.5, 0.6) is 0 Å². The first-order valence-electron chi connectivity index (χ1n) is 7.29. The largest absolute Gasteiger partial charge is 0.398 e. The molecule has 0 radical (unpaired) electrons. The highest BCUT2D eigenvalue weighted by Gasteiger charge is 2.27. The molecule has 1 fully saturated rings. The first-order valence-corrected chi connectivity index (χ1v) is 7.29. The molecular weight excluding hydrogens is 254 g/mol. The maximum absolute atomic E-state index is 10.9. The van der Waals surface area contributed by atoms with Gasteiger partial charge in [0.15, 0.2) is 0 Å². The van der Waals surface area contributed by atoms with Crippen LogP contribution in [0.2, 0.25) is 0 Å². The van der Waals surface area contributed by atoms with Gasteiger partial charge in [-0.05, 0) is 30.7 Å². The van der Waals surface area contributed by atoms with Gasteiger partial charge in [0.25, 0.3) is 5.69 Å². The molecule has 1 aromatic carbocycles. The van der Waals surface area contributed by atoms with Gasteiger partial charge in [-0.2, -0.15) is 0 Å². The molecule has 5 nitrogen and oxygen atoms in total. The van der Waals surface area contributed by atoms with Crippen LogP contribution in [0.25, 0.3) is 0 Å². The third-order valence-electron chi connectivity index (χ3n) is 4.18. The minimum absolute atomic E-state index is 0.0457. The zero-order chi connectivity index (χ0) is 14.7. The number of rotatable bonds is 4. The first-order chi connectivity index (χ1) is 9.47. The second kappa shape index (κ2) is 6.11. The molecule has 0 aliphatic heterocycles. The Morgan fingerprint density at radius 3 is 2.65 bits per heavy atom. The van der Waals surface area contributed by atoms with Crippen LogP contribution in [0.3, 0.4) is 0 Å². The zero-order valence-electron chi connectivity index (χ0n) is 12.1. The van der Waals surface area contributed by atoms with Crippen LogP contribution in [0.4, 0.5) is 17.1 Å². The van der Waals surface area contributed by atoms with E-state index in [0.29, 0.717) is 23.6 Å². The van der Waals surface area contributed by atoms with Crippen LogP contribution in [0, 0.1) is 22.0 Å². The molecule has 0 saturated heterocycles. The van der Waals surface area contributed by atoms with Crippen molar-refractivity contribution in [3.05, 3.63) is 28.3 Å². The first kappa shape index (κ1) is 14.6. The molecule has 110 valence electrons. The number of anilines is 2. The fourth-order valence-corrected chi connectivity index (χ4v) is 3.17. The van der Waals surface area contributed by atoms with Gasteiger partial charge in [-0.25, -0.2) is 0 Å². The van der Waals surface area contributed by atoms with Gasteiger partial charge in [-0.1, -0.05) is 26.7 Å². The molecule has 2 atom stereocenters. The molecule has 0 bridgehead atoms. The third-order valence-corrected chi connectivity index (χ3v) is 4.18. The second-order valence-electron chi connectivity index (χ2n) is 6.01. The topological polar surface area (TPSA) is 81.2 Å². The normalized spacial score (nSPS) is 22.8. The molecule has 20 heavy (non-hydrogen) atoms. The number of nitrogens with two attached hydrogens (primary N) is 1. The highest BCUT2D eigenvalue weighted by Crippen LogP contribution is 2.33. The Bertz CT molecular complexity index is 488. The van der Waals surface area contributed by atoms with Gasteiger partial charge in [0.2, 0.25) is 0 Å². The van der Waals surface area contributed by atoms with E-state index in [9.17, 15) is 10.1 Å². The number of nitrogen functional groups attached to an aromatic ring is 1. The lowest BCUT2D eigenvalue weighted by molar-refractivity contribution is -0.384. The number of nitrogens with one attached hydrogen (secondary N) is 1. The smallest absolute Gasteiger partial charge is 0.273 e. The minimum Gasteiger partial charge on any atom is -0.398 e. The summed E-state index contributed by atoms with van der Waals surface area (Å²) in [6.45, 7) is 4.49. The van der Waals surface area contributed by atoms with Gasteiger partial charge >= 0.3 is 0 Å². The van der Waals surface area contributed by atoms with Crippen molar-refractivity contribution in [3.63, 3.8) is 0 Å². The lowest BCUT2D eigenvalue weighted by Crippen LogP contribution is -2.35. The molecule has 2 unspecified atom stereocenters. The average molecular weight is 277 g/mol. The molecule has 1 aliphatic carbocycles. The molecule has 3 N–H and O–H groups in total. The van der Waals surface area contributed by atoms with E-state index >= 15 is 0 Å². The number of nitro groups is 1. The molecule has 0 aromatic heterocycles. The molecule has 0 amide bonds. The lowest BCUT2D eigenvalue weighted by atomic mass is 9.78. The minimum atomic E-state index is -0.400. The monoisotopic (exact) mass is 277 g/mol. The van der Waals surface area contributed by atoms with Crippen molar-refractivity contribution in [3.8, 4) is 0 Å². The third kappa shape index (κ3) is 3.40. The van der Waals surface area contributed by atoms with Crippen LogP contribution in [-0.4, -0.2) is 11.0 Å². The van der Waals surface area contributed by atoms with E-state index in [1.165, 1.54) is 25.3 Å². The predicted molar refractivity (Wildman–Crippen MR) is 81.7 cm³/mol. The number of non-ortho nitro benzene ring substituents is 1. The Kier molecular flexibility index (Phi) is 4.47. The summed E-state index contributed by atoms with van der Waals surface area (Å²) in [7, 11) is 0. The summed E-state index contributed by atoms with van der Waals surface area (Å²) < 4.78 is 0. The Morgan fingerprint density at radius 2 is 2.00 bits per heavy atom. The average Bonchev–Trinajstić information content (AvgIpc) is 2.38. The van der Waals surface area contributed by atoms with E-state index in [2.05, 4.69) is 19.2 Å². The van der Waals surface area contributed by atoms with Crippen molar-refractivity contribution in [2.45, 2.75) is 45.6 Å². The zero-order valence-corrected chi connectivity index (χ0v) is 12.1. The van der Waals surface area contributed by atoms with Crippen LogP contribution in [0.15, 0.2) is 18.2 Å². The molecule has 1 saturated carbocycles. The quantitative estimate of drug-likeness (QED) is 0.498. The summed E-state index contributed by atoms with van der Waals surface area (Å²) in [5, 5.41) is 14.4. The van der Waals surface area contributed by atoms with Crippen LogP contribution in [0.1, 0.15) is 39.5 Å². The van der Waals surface area contributed by atoms with Crippen LogP contribution < -0.4 is 11.1 Å². The van der Waals surface area contributed by atoms with E-state index in [1.54, 1.807) is 12.1 Å². The van der Waals surface area contributed by atoms with Crippen molar-refractivity contribution < 1.29 is 4.92 Å². The van der Waals surface area contributed by atoms with Crippen LogP contribution in [-0.2, 0) is 0 Å². The van der Waals surface area contributed by atoms with Gasteiger partial charge in [0.05, 0.1) is 4.92 Å². The van der Waals surface area contributed by atoms with Gasteiger partial charge in [-0.3, -0.25) is 10.1 Å². The van der Waals surface area contributed by atoms with Crippen molar-refractivity contribution >= 4 is 17.1 Å². The summed E-state index contributed by atoms with van der Waals surface area (Å²) in [5.41, 5.74) is 6.99. The Balaban J connectivity index is 2.17. The molecule has 1 aliphatic rings. The van der Waals surface area contributed by atoms with Gasteiger partial charge < -0.3 is 11.1 Å². The highest BCUT2D eigenvalue weighted by molar-refractivity contribution is 5.61. The van der Waals surface area contributed by atoms with Crippen molar-refractivity contribution in [1.29, 1.82) is 0 Å². The number of benzene rings is 1. The standard InChI is InChI=1S/C15H23N3O2/c1-10(2)14-5-3-4-6-15(14)17-12-7-11(16)8-13(9-12)18(19)20/h7-10,14-15,17H,3-6,16H2,1-2H3. The second-order valence-corrected chi connectivity index (χ2v) is 6.01. The molecule has 1 aromatic rings. The summed E-state index contributed by atoms with van der Waals surface area (Å²) >= 11 is 0. The van der Waals surface area contributed by atoms with Crippen molar-refractivity contribution in [2.75, 3.05) is 11.1 Å². The molecular formula is C15H23N3O2. The summed E-state index contributed by atoms with van der Waals surface area (Å²) in [5.74, 6) is 1.23. The van der Waals surface area contributed by atoms with Crippen molar-refractivity contribution in [1.82, 2.24) is 0 Å². The van der Waals surface area contributed by atoms with Gasteiger partial charge in [0, 0.05) is 29.5 Å². The predicted octanol–water partition coefficient (Wildman–Crippen LogP) is 3.80. The number of hydrogen-bond acceptors (Lipinski definition) is 4. The molecule has 0 heterocycles. The molecule has 0 spiro atoms. The maximum atomic E-state index is 10.9. The van der Waals surface area contributed by atoms with E-state index in [1.807, 2.05) is 0 Å². The summed E-state index contributed by atoms with van der Waals surface area (Å²) in [4.78, 5) is 10.5. The fourth-order valence-electron chi connectivity index (χ4n) is 3.17. The summed E-state index contributed by atoms with van der Waals surface area (Å²) in [6, 6.07) is 5.12. The van der Waals surface area contributed by atoms with E-state index < -0.39 is 4.92 Å². The Hall–Kier alpha value is -1.78. The maximum Gasteiger partial charge on any atom is 0.273 e. The Morgan fingerprint density at radius 1 is 1.30 bits per heavy atom. The van der Waals surface area contributed by atoms with Gasteiger partial charge in [0.1, 0.15) is 0 Å². The van der Waals surface area contributed by atoms with Crippen LogP contribution >= 0.6 is 0 Å². The fraction of sp³-hybridized carbons (Fsp3) is 0.600. The number of nitrogens with zero attached hydrogens (tertiary/aromatic N) is 1. The highest BCUT2D eigenvalue weighted by atomic mass is 16.6. The molecule has 5 heteroatoms. The number of nitro benzene ring substituents is 1. The number of hydrogen-bond donors (Lipinski definition) is 2. The molecule has 2 rings (SSSR count). The van der Waals surface area contributed by atoms with E-state index in [4.69, 9.17) is 5.73 Å². The van der Waals surface area contributed by atoms with Crippen molar-refractivity contribution in [2.24, 2.45) is 11.8 Å². The van der Waals surface area contributed by atoms with Gasteiger partial charge in [-0.15, -0.1) is 0 Å². The SMILES string of the molecule is CC(C)C1CCCCC1Nc1cc(N)cc([N+](=O)[O-])c1.